The first-order valence-corrected chi connectivity index (χ1v) is 10.7. The highest BCUT2D eigenvalue weighted by molar-refractivity contribution is 6.04. The Bertz CT molecular complexity index is 1240. The van der Waals surface area contributed by atoms with Gasteiger partial charge in [-0.1, -0.05) is 52.2 Å². The summed E-state index contributed by atoms with van der Waals surface area (Å²) in [6.07, 6.45) is 4.48. The molecule has 3 aromatic heterocycles. The number of nitrogens with zero attached hydrogens (tertiary/aromatic N) is 5. The number of para-hydroxylation sites is 2. The van der Waals surface area contributed by atoms with E-state index in [4.69, 9.17) is 15.0 Å². The predicted molar refractivity (Wildman–Crippen MR) is 118 cm³/mol. The van der Waals surface area contributed by atoms with Gasteiger partial charge in [0.2, 0.25) is 0 Å². The Morgan fingerprint density at radius 2 is 1.66 bits per heavy atom. The molecule has 0 spiro atoms. The molecule has 0 saturated carbocycles. The van der Waals surface area contributed by atoms with E-state index >= 15 is 0 Å². The molecule has 6 nitrogen and oxygen atoms in total. The van der Waals surface area contributed by atoms with E-state index in [2.05, 4.69) is 25.3 Å². The molecule has 4 aromatic rings. The zero-order valence-corrected chi connectivity index (χ0v) is 17.8. The van der Waals surface area contributed by atoms with E-state index in [0.29, 0.717) is 29.0 Å². The molecule has 29 heavy (non-hydrogen) atoms. The summed E-state index contributed by atoms with van der Waals surface area (Å²) in [4.78, 5) is 28.1. The van der Waals surface area contributed by atoms with Crippen molar-refractivity contribution in [1.29, 1.82) is 0 Å². The maximum absolute atomic E-state index is 13.5. The fourth-order valence-electron chi connectivity index (χ4n) is 3.99. The molecule has 1 aromatic carbocycles. The maximum Gasteiger partial charge on any atom is 0.265 e. The Hall–Kier alpha value is -2.76. The molecule has 0 N–H and O–H groups in total. The largest absolute Gasteiger partial charge is 0.308 e. The van der Waals surface area contributed by atoms with Crippen LogP contribution in [0.4, 0.5) is 0 Å². The first kappa shape index (κ1) is 19.6. The number of rotatable bonds is 7. The summed E-state index contributed by atoms with van der Waals surface area (Å²) >= 11 is 0. The molecule has 0 bridgehead atoms. The number of aromatic nitrogens is 5. The molecule has 6 heteroatoms. The van der Waals surface area contributed by atoms with Gasteiger partial charge in [0.15, 0.2) is 11.3 Å². The molecule has 3 heterocycles. The van der Waals surface area contributed by atoms with Crippen LogP contribution in [0.5, 0.6) is 0 Å². The van der Waals surface area contributed by atoms with E-state index in [0.717, 1.165) is 41.9 Å². The molecular weight excluding hydrogens is 362 g/mol. The highest BCUT2D eigenvalue weighted by atomic mass is 16.1. The Labute approximate surface area is 170 Å². The summed E-state index contributed by atoms with van der Waals surface area (Å²) in [6.45, 7) is 9.89. The number of hydrogen-bond acceptors (Lipinski definition) is 4. The summed E-state index contributed by atoms with van der Waals surface area (Å²) < 4.78 is 3.89. The second-order valence-corrected chi connectivity index (χ2v) is 8.26. The van der Waals surface area contributed by atoms with E-state index in [1.165, 1.54) is 12.8 Å². The lowest BCUT2D eigenvalue weighted by Crippen LogP contribution is -2.24. The van der Waals surface area contributed by atoms with E-state index in [9.17, 15) is 4.79 Å². The first-order valence-electron chi connectivity index (χ1n) is 10.7. The van der Waals surface area contributed by atoms with Crippen molar-refractivity contribution in [3.63, 3.8) is 0 Å². The number of aryl methyl sites for hydroxylation is 1. The van der Waals surface area contributed by atoms with E-state index in [1.807, 2.05) is 35.8 Å². The van der Waals surface area contributed by atoms with Crippen molar-refractivity contribution in [2.24, 2.45) is 5.92 Å². The topological polar surface area (TPSA) is 65.6 Å². The van der Waals surface area contributed by atoms with Crippen LogP contribution in [0.25, 0.3) is 33.2 Å². The molecule has 0 aliphatic carbocycles. The second kappa shape index (κ2) is 7.93. The average molecular weight is 392 g/mol. The minimum atomic E-state index is 0.00101. The van der Waals surface area contributed by atoms with Crippen molar-refractivity contribution in [3.8, 4) is 0 Å². The van der Waals surface area contributed by atoms with Crippen LogP contribution < -0.4 is 5.56 Å². The Morgan fingerprint density at radius 3 is 2.34 bits per heavy atom. The Morgan fingerprint density at radius 1 is 0.931 bits per heavy atom. The third kappa shape index (κ3) is 3.52. The fourth-order valence-corrected chi connectivity index (χ4v) is 3.99. The summed E-state index contributed by atoms with van der Waals surface area (Å²) in [5.41, 5.74) is 3.76. The van der Waals surface area contributed by atoms with Crippen LogP contribution in [-0.4, -0.2) is 24.1 Å². The lowest BCUT2D eigenvalue weighted by Gasteiger charge is -2.12. The van der Waals surface area contributed by atoms with Crippen LogP contribution in [0, 0.1) is 12.8 Å². The number of unbranched alkanes of at least 4 members (excludes halogenated alkanes) is 3. The molecule has 152 valence electrons. The zero-order valence-electron chi connectivity index (χ0n) is 17.8. The van der Waals surface area contributed by atoms with Gasteiger partial charge in [0.05, 0.1) is 11.0 Å². The third-order valence-electron chi connectivity index (χ3n) is 5.42. The molecular formula is C23H29N5O. The standard InChI is InChI=1S/C23H29N5O/c1-5-6-7-10-13-27-16(4)24-21-19(23(27)29)20-22(28(21)14-15(2)3)26-18-12-9-8-11-17(18)25-20/h8-9,11-12,15H,5-7,10,13-14H2,1-4H3. The highest BCUT2D eigenvalue weighted by Gasteiger charge is 2.21. The van der Waals surface area contributed by atoms with Gasteiger partial charge in [0, 0.05) is 13.1 Å². The minimum absolute atomic E-state index is 0.00101. The van der Waals surface area contributed by atoms with Gasteiger partial charge in [0.25, 0.3) is 5.56 Å². The Kier molecular flexibility index (Phi) is 5.35. The number of hydrogen-bond donors (Lipinski definition) is 0. The van der Waals surface area contributed by atoms with Gasteiger partial charge in [0.1, 0.15) is 16.7 Å². The van der Waals surface area contributed by atoms with Gasteiger partial charge in [-0.2, -0.15) is 0 Å². The van der Waals surface area contributed by atoms with Crippen molar-refractivity contribution in [2.75, 3.05) is 0 Å². The van der Waals surface area contributed by atoms with Crippen molar-refractivity contribution >= 4 is 33.2 Å². The quantitative estimate of drug-likeness (QED) is 0.423. The smallest absolute Gasteiger partial charge is 0.265 e. The summed E-state index contributed by atoms with van der Waals surface area (Å²) in [5.74, 6) is 1.16. The van der Waals surface area contributed by atoms with Crippen LogP contribution in [-0.2, 0) is 13.1 Å². The first-order chi connectivity index (χ1) is 14.0. The van der Waals surface area contributed by atoms with Crippen molar-refractivity contribution < 1.29 is 0 Å². The van der Waals surface area contributed by atoms with Crippen LogP contribution in [0.3, 0.4) is 0 Å². The van der Waals surface area contributed by atoms with Gasteiger partial charge in [-0.15, -0.1) is 0 Å². The molecule has 0 amide bonds. The monoisotopic (exact) mass is 391 g/mol. The van der Waals surface area contributed by atoms with E-state index in [-0.39, 0.29) is 5.56 Å². The van der Waals surface area contributed by atoms with Crippen molar-refractivity contribution in [3.05, 3.63) is 40.4 Å². The highest BCUT2D eigenvalue weighted by Crippen LogP contribution is 2.26. The van der Waals surface area contributed by atoms with Crippen LogP contribution in [0.2, 0.25) is 0 Å². The van der Waals surface area contributed by atoms with Gasteiger partial charge < -0.3 is 4.57 Å². The van der Waals surface area contributed by atoms with E-state index in [1.54, 1.807) is 0 Å². The van der Waals surface area contributed by atoms with Crippen LogP contribution in [0.1, 0.15) is 52.3 Å². The fraction of sp³-hybridized carbons (Fsp3) is 0.478. The predicted octanol–water partition coefficient (Wildman–Crippen LogP) is 4.84. The molecule has 0 atom stereocenters. The molecule has 0 radical (unpaired) electrons. The SMILES string of the molecule is CCCCCCn1c(C)nc2c(c1=O)c1nc3ccccc3nc1n2CC(C)C. The van der Waals surface area contributed by atoms with Gasteiger partial charge in [-0.25, -0.2) is 15.0 Å². The molecule has 4 rings (SSSR count). The van der Waals surface area contributed by atoms with Gasteiger partial charge in [-0.05, 0) is 31.4 Å². The maximum atomic E-state index is 13.5. The molecule has 0 saturated heterocycles. The molecule has 0 fully saturated rings. The molecule has 0 aliphatic rings. The molecule has 0 aliphatic heterocycles. The lowest BCUT2D eigenvalue weighted by atomic mass is 10.2. The second-order valence-electron chi connectivity index (χ2n) is 8.26. The lowest BCUT2D eigenvalue weighted by molar-refractivity contribution is 0.535. The van der Waals surface area contributed by atoms with E-state index < -0.39 is 0 Å². The van der Waals surface area contributed by atoms with Gasteiger partial charge in [-0.3, -0.25) is 9.36 Å². The molecule has 0 unspecified atom stereocenters. The average Bonchev–Trinajstić information content (AvgIpc) is 2.97. The van der Waals surface area contributed by atoms with Crippen LogP contribution >= 0.6 is 0 Å². The minimum Gasteiger partial charge on any atom is -0.308 e. The normalized spacial score (nSPS) is 12.0. The van der Waals surface area contributed by atoms with Crippen LogP contribution in [0.15, 0.2) is 29.1 Å². The Balaban J connectivity index is 1.99. The van der Waals surface area contributed by atoms with Crippen molar-refractivity contribution in [1.82, 2.24) is 24.1 Å². The van der Waals surface area contributed by atoms with Gasteiger partial charge >= 0.3 is 0 Å². The zero-order chi connectivity index (χ0) is 20.5. The third-order valence-corrected chi connectivity index (χ3v) is 5.42. The summed E-state index contributed by atoms with van der Waals surface area (Å²) in [7, 11) is 0. The number of fused-ring (bicyclic) bond motifs is 4. The summed E-state index contributed by atoms with van der Waals surface area (Å²) in [5, 5.41) is 0.597. The summed E-state index contributed by atoms with van der Waals surface area (Å²) in [6, 6.07) is 7.82. The van der Waals surface area contributed by atoms with Crippen molar-refractivity contribution in [2.45, 2.75) is 66.5 Å². The number of benzene rings is 1.